The highest BCUT2D eigenvalue weighted by Crippen LogP contribution is 2.23. The Bertz CT molecular complexity index is 360. The van der Waals surface area contributed by atoms with Crippen molar-refractivity contribution in [2.45, 2.75) is 58.2 Å². The lowest BCUT2D eigenvalue weighted by Crippen LogP contribution is -2.46. The topological polar surface area (TPSA) is 23.5 Å². The molecule has 1 fully saturated rings. The predicted octanol–water partition coefficient (Wildman–Crippen LogP) is 3.12. The van der Waals surface area contributed by atoms with E-state index in [1.165, 1.54) is 24.0 Å². The highest BCUT2D eigenvalue weighted by molar-refractivity contribution is 5.21. The quantitative estimate of drug-likeness (QED) is 0.883. The Hall–Kier alpha value is -0.860. The minimum absolute atomic E-state index is 0.171. The Labute approximate surface area is 111 Å². The number of likely N-dealkylation sites (tertiary alicyclic amines) is 1. The van der Waals surface area contributed by atoms with Gasteiger partial charge in [0, 0.05) is 12.6 Å². The minimum atomic E-state index is -0.171. The van der Waals surface area contributed by atoms with Crippen molar-refractivity contribution in [2.75, 3.05) is 6.54 Å². The second-order valence-corrected chi connectivity index (χ2v) is 5.49. The molecule has 0 aromatic heterocycles. The molecule has 2 heteroatoms. The first-order valence-corrected chi connectivity index (χ1v) is 7.18. The van der Waals surface area contributed by atoms with Crippen LogP contribution in [-0.2, 0) is 6.54 Å². The van der Waals surface area contributed by atoms with Crippen LogP contribution in [0, 0.1) is 6.92 Å². The molecule has 0 radical (unpaired) electrons. The number of hydrogen-bond acceptors (Lipinski definition) is 2. The molecule has 1 heterocycles. The van der Waals surface area contributed by atoms with Crippen molar-refractivity contribution >= 4 is 0 Å². The number of nitrogens with zero attached hydrogens (tertiary/aromatic N) is 1. The Balaban J connectivity index is 2.03. The zero-order valence-corrected chi connectivity index (χ0v) is 11.6. The van der Waals surface area contributed by atoms with Crippen LogP contribution in [0.15, 0.2) is 24.3 Å². The summed E-state index contributed by atoms with van der Waals surface area (Å²) in [5.41, 5.74) is 2.67. The maximum absolute atomic E-state index is 10.1. The van der Waals surface area contributed by atoms with Crippen molar-refractivity contribution in [1.82, 2.24) is 4.90 Å². The normalized spacial score (nSPS) is 22.9. The Kier molecular flexibility index (Phi) is 4.79. The Morgan fingerprint density at radius 3 is 2.67 bits per heavy atom. The molecule has 0 bridgehead atoms. The third-order valence-corrected chi connectivity index (χ3v) is 4.03. The van der Waals surface area contributed by atoms with E-state index in [0.717, 1.165) is 25.9 Å². The van der Waals surface area contributed by atoms with E-state index in [0.29, 0.717) is 6.04 Å². The average molecular weight is 247 g/mol. The molecule has 2 unspecified atom stereocenters. The van der Waals surface area contributed by atoms with Crippen LogP contribution in [0.5, 0.6) is 0 Å². The number of piperidine rings is 1. The summed E-state index contributed by atoms with van der Waals surface area (Å²) in [7, 11) is 0. The molecular formula is C16H25NO. The van der Waals surface area contributed by atoms with E-state index in [9.17, 15) is 5.11 Å². The molecule has 0 saturated carbocycles. The van der Waals surface area contributed by atoms with Gasteiger partial charge in [-0.25, -0.2) is 0 Å². The van der Waals surface area contributed by atoms with Crippen molar-refractivity contribution in [2.24, 2.45) is 0 Å². The monoisotopic (exact) mass is 247 g/mol. The van der Waals surface area contributed by atoms with Gasteiger partial charge in [-0.15, -0.1) is 0 Å². The minimum Gasteiger partial charge on any atom is -0.392 e. The summed E-state index contributed by atoms with van der Waals surface area (Å²) in [6.45, 7) is 6.29. The first-order chi connectivity index (χ1) is 8.70. The molecule has 0 spiro atoms. The maximum atomic E-state index is 10.1. The van der Waals surface area contributed by atoms with E-state index in [2.05, 4.69) is 43.0 Å². The van der Waals surface area contributed by atoms with Crippen molar-refractivity contribution in [3.05, 3.63) is 35.4 Å². The molecule has 18 heavy (non-hydrogen) atoms. The van der Waals surface area contributed by atoms with Crippen LogP contribution < -0.4 is 0 Å². The third kappa shape index (κ3) is 3.33. The van der Waals surface area contributed by atoms with Crippen LogP contribution >= 0.6 is 0 Å². The van der Waals surface area contributed by atoms with E-state index in [1.807, 2.05) is 0 Å². The lowest BCUT2D eigenvalue weighted by Gasteiger charge is -2.38. The first kappa shape index (κ1) is 13.6. The summed E-state index contributed by atoms with van der Waals surface area (Å²) < 4.78 is 0. The molecule has 2 atom stereocenters. The molecular weight excluding hydrogens is 222 g/mol. The fourth-order valence-electron chi connectivity index (χ4n) is 2.85. The van der Waals surface area contributed by atoms with E-state index in [4.69, 9.17) is 0 Å². The number of aryl methyl sites for hydroxylation is 1. The standard InChI is InChI=1S/C16H25NO/c1-3-16(18)15-6-4-5-11-17(15)12-14-9-7-13(2)8-10-14/h7-10,15-16,18H,3-6,11-12H2,1-2H3. The highest BCUT2D eigenvalue weighted by Gasteiger charge is 2.27. The number of rotatable bonds is 4. The number of hydrogen-bond donors (Lipinski definition) is 1. The Morgan fingerprint density at radius 1 is 1.28 bits per heavy atom. The summed E-state index contributed by atoms with van der Waals surface area (Å²) in [5, 5.41) is 10.1. The maximum Gasteiger partial charge on any atom is 0.0692 e. The summed E-state index contributed by atoms with van der Waals surface area (Å²) in [6, 6.07) is 9.11. The molecule has 1 aromatic carbocycles. The van der Waals surface area contributed by atoms with Crippen LogP contribution in [0.2, 0.25) is 0 Å². The third-order valence-electron chi connectivity index (χ3n) is 4.03. The molecule has 1 aliphatic heterocycles. The van der Waals surface area contributed by atoms with Crippen LogP contribution in [0.3, 0.4) is 0 Å². The van der Waals surface area contributed by atoms with Crippen molar-refractivity contribution in [3.63, 3.8) is 0 Å². The SMILES string of the molecule is CCC(O)C1CCCCN1Cc1ccc(C)cc1. The molecule has 1 aliphatic rings. The first-order valence-electron chi connectivity index (χ1n) is 7.18. The van der Waals surface area contributed by atoms with Crippen LogP contribution in [0.25, 0.3) is 0 Å². The summed E-state index contributed by atoms with van der Waals surface area (Å²) in [6.07, 6.45) is 4.34. The largest absolute Gasteiger partial charge is 0.392 e. The molecule has 1 N–H and O–H groups in total. The van der Waals surface area contributed by atoms with Crippen molar-refractivity contribution in [3.8, 4) is 0 Å². The summed E-state index contributed by atoms with van der Waals surface area (Å²) in [5.74, 6) is 0. The van der Waals surface area contributed by atoms with Gasteiger partial charge in [0.05, 0.1) is 6.10 Å². The van der Waals surface area contributed by atoms with Crippen LogP contribution in [0.4, 0.5) is 0 Å². The predicted molar refractivity (Wildman–Crippen MR) is 75.5 cm³/mol. The lowest BCUT2D eigenvalue weighted by atomic mass is 9.95. The van der Waals surface area contributed by atoms with Gasteiger partial charge in [-0.2, -0.15) is 0 Å². The summed E-state index contributed by atoms with van der Waals surface area (Å²) >= 11 is 0. The lowest BCUT2D eigenvalue weighted by molar-refractivity contribution is 0.0195. The molecule has 1 saturated heterocycles. The van der Waals surface area contributed by atoms with Gasteiger partial charge in [-0.3, -0.25) is 4.90 Å². The molecule has 100 valence electrons. The molecule has 0 aliphatic carbocycles. The Morgan fingerprint density at radius 2 is 2.00 bits per heavy atom. The average Bonchev–Trinajstić information content (AvgIpc) is 2.41. The van der Waals surface area contributed by atoms with E-state index < -0.39 is 0 Å². The molecule has 0 amide bonds. The second-order valence-electron chi connectivity index (χ2n) is 5.49. The molecule has 2 nitrogen and oxygen atoms in total. The number of aliphatic hydroxyl groups excluding tert-OH is 1. The van der Waals surface area contributed by atoms with Gasteiger partial charge < -0.3 is 5.11 Å². The van der Waals surface area contributed by atoms with Crippen LogP contribution in [-0.4, -0.2) is 28.7 Å². The second kappa shape index (κ2) is 6.35. The summed E-state index contributed by atoms with van der Waals surface area (Å²) in [4.78, 5) is 2.46. The van der Waals surface area contributed by atoms with Gasteiger partial charge in [0.1, 0.15) is 0 Å². The van der Waals surface area contributed by atoms with Gasteiger partial charge in [0.25, 0.3) is 0 Å². The molecule has 2 rings (SSSR count). The van der Waals surface area contributed by atoms with Gasteiger partial charge in [0.15, 0.2) is 0 Å². The number of benzene rings is 1. The smallest absolute Gasteiger partial charge is 0.0692 e. The highest BCUT2D eigenvalue weighted by atomic mass is 16.3. The fraction of sp³-hybridized carbons (Fsp3) is 0.625. The van der Waals surface area contributed by atoms with E-state index in [-0.39, 0.29) is 6.10 Å². The zero-order chi connectivity index (χ0) is 13.0. The van der Waals surface area contributed by atoms with Crippen LogP contribution in [0.1, 0.15) is 43.7 Å². The van der Waals surface area contributed by atoms with E-state index in [1.54, 1.807) is 0 Å². The fourth-order valence-corrected chi connectivity index (χ4v) is 2.85. The number of aliphatic hydroxyl groups is 1. The van der Waals surface area contributed by atoms with Gasteiger partial charge >= 0.3 is 0 Å². The van der Waals surface area contributed by atoms with E-state index >= 15 is 0 Å². The van der Waals surface area contributed by atoms with Gasteiger partial charge in [0.2, 0.25) is 0 Å². The van der Waals surface area contributed by atoms with Crippen molar-refractivity contribution < 1.29 is 5.11 Å². The van der Waals surface area contributed by atoms with Gasteiger partial charge in [-0.05, 0) is 38.3 Å². The van der Waals surface area contributed by atoms with Gasteiger partial charge in [-0.1, -0.05) is 43.2 Å². The molecule has 1 aromatic rings. The van der Waals surface area contributed by atoms with Crippen molar-refractivity contribution in [1.29, 1.82) is 0 Å². The zero-order valence-electron chi connectivity index (χ0n) is 11.6.